The molecule has 1 atom stereocenters. The van der Waals surface area contributed by atoms with Gasteiger partial charge in [0.25, 0.3) is 0 Å². The number of aryl methyl sites for hydroxylation is 1. The zero-order chi connectivity index (χ0) is 14.0. The van der Waals surface area contributed by atoms with Crippen molar-refractivity contribution >= 4 is 11.3 Å². The zero-order valence-electron chi connectivity index (χ0n) is 12.1. The van der Waals surface area contributed by atoms with Gasteiger partial charge in [-0.15, -0.1) is 11.3 Å². The third kappa shape index (κ3) is 3.07. The highest BCUT2D eigenvalue weighted by molar-refractivity contribution is 7.10. The summed E-state index contributed by atoms with van der Waals surface area (Å²) in [7, 11) is 0. The van der Waals surface area contributed by atoms with Gasteiger partial charge in [-0.25, -0.2) is 0 Å². The lowest BCUT2D eigenvalue weighted by atomic mass is 9.86. The maximum Gasteiger partial charge on any atom is 0.113 e. The minimum absolute atomic E-state index is 0.154. The van der Waals surface area contributed by atoms with Gasteiger partial charge in [0.15, 0.2) is 0 Å². The van der Waals surface area contributed by atoms with Gasteiger partial charge in [0.2, 0.25) is 0 Å². The van der Waals surface area contributed by atoms with E-state index in [1.807, 2.05) is 12.1 Å². The fraction of sp³-hybridized carbons (Fsp3) is 0.412. The van der Waals surface area contributed by atoms with Crippen LogP contribution in [0.3, 0.4) is 0 Å². The molecule has 1 aromatic heterocycles. The van der Waals surface area contributed by atoms with Crippen molar-refractivity contribution in [2.24, 2.45) is 0 Å². The first-order valence-corrected chi connectivity index (χ1v) is 7.66. The monoisotopic (exact) mass is 274 g/mol. The number of aliphatic hydroxyl groups is 1. The van der Waals surface area contributed by atoms with E-state index in [0.29, 0.717) is 0 Å². The highest BCUT2D eigenvalue weighted by Crippen LogP contribution is 2.31. The van der Waals surface area contributed by atoms with E-state index in [-0.39, 0.29) is 5.41 Å². The van der Waals surface area contributed by atoms with Gasteiger partial charge >= 0.3 is 0 Å². The SMILES string of the molecule is CCc1ccsc1C(O)c1ccc(C(C)(C)C)cc1. The fourth-order valence-electron chi connectivity index (χ4n) is 2.20. The van der Waals surface area contributed by atoms with Gasteiger partial charge in [0.05, 0.1) is 0 Å². The Kier molecular flexibility index (Phi) is 4.12. The summed E-state index contributed by atoms with van der Waals surface area (Å²) in [6.45, 7) is 8.73. The maximum absolute atomic E-state index is 10.5. The van der Waals surface area contributed by atoms with E-state index in [9.17, 15) is 5.11 Å². The summed E-state index contributed by atoms with van der Waals surface area (Å²) in [5.74, 6) is 0. The Bertz CT molecular complexity index is 531. The first-order valence-electron chi connectivity index (χ1n) is 6.78. The molecule has 0 aliphatic rings. The molecule has 0 bridgehead atoms. The van der Waals surface area contributed by atoms with Crippen molar-refractivity contribution in [3.63, 3.8) is 0 Å². The van der Waals surface area contributed by atoms with Crippen molar-refractivity contribution in [3.05, 3.63) is 57.3 Å². The van der Waals surface area contributed by atoms with Crippen molar-refractivity contribution < 1.29 is 5.11 Å². The number of hydrogen-bond donors (Lipinski definition) is 1. The van der Waals surface area contributed by atoms with Crippen molar-refractivity contribution in [2.75, 3.05) is 0 Å². The zero-order valence-corrected chi connectivity index (χ0v) is 12.9. The summed E-state index contributed by atoms with van der Waals surface area (Å²) in [5.41, 5.74) is 3.67. The molecule has 2 aromatic rings. The van der Waals surface area contributed by atoms with Gasteiger partial charge in [-0.3, -0.25) is 0 Å². The Balaban J connectivity index is 2.28. The van der Waals surface area contributed by atoms with Crippen LogP contribution in [0.15, 0.2) is 35.7 Å². The van der Waals surface area contributed by atoms with Crippen LogP contribution in [0.2, 0.25) is 0 Å². The van der Waals surface area contributed by atoms with Gasteiger partial charge < -0.3 is 5.11 Å². The predicted molar refractivity (Wildman–Crippen MR) is 82.9 cm³/mol. The molecule has 1 unspecified atom stereocenters. The van der Waals surface area contributed by atoms with Crippen molar-refractivity contribution in [3.8, 4) is 0 Å². The normalized spacial score (nSPS) is 13.5. The lowest BCUT2D eigenvalue weighted by Crippen LogP contribution is -2.11. The molecule has 0 radical (unpaired) electrons. The van der Waals surface area contributed by atoms with Crippen molar-refractivity contribution in [1.29, 1.82) is 0 Å². The quantitative estimate of drug-likeness (QED) is 0.861. The molecule has 19 heavy (non-hydrogen) atoms. The van der Waals surface area contributed by atoms with E-state index in [4.69, 9.17) is 0 Å². The highest BCUT2D eigenvalue weighted by atomic mass is 32.1. The first-order chi connectivity index (χ1) is 8.93. The summed E-state index contributed by atoms with van der Waals surface area (Å²) in [6.07, 6.45) is 0.472. The molecule has 0 aliphatic carbocycles. The Morgan fingerprint density at radius 3 is 2.26 bits per heavy atom. The van der Waals surface area contributed by atoms with E-state index in [1.165, 1.54) is 11.1 Å². The lowest BCUT2D eigenvalue weighted by molar-refractivity contribution is 0.223. The van der Waals surface area contributed by atoms with E-state index >= 15 is 0 Å². The van der Waals surface area contributed by atoms with Crippen LogP contribution in [0.1, 0.15) is 55.4 Å². The molecule has 102 valence electrons. The minimum atomic E-state index is -0.496. The van der Waals surface area contributed by atoms with Crippen LogP contribution in [-0.2, 0) is 11.8 Å². The molecule has 0 amide bonds. The van der Waals surface area contributed by atoms with E-state index in [2.05, 4.69) is 51.3 Å². The maximum atomic E-state index is 10.5. The molecule has 0 saturated carbocycles. The van der Waals surface area contributed by atoms with Gasteiger partial charge in [-0.1, -0.05) is 52.0 Å². The molecule has 0 saturated heterocycles. The summed E-state index contributed by atoms with van der Waals surface area (Å²) >= 11 is 1.64. The second-order valence-electron chi connectivity index (χ2n) is 5.94. The topological polar surface area (TPSA) is 20.2 Å². The van der Waals surface area contributed by atoms with Crippen molar-refractivity contribution in [2.45, 2.75) is 45.6 Å². The molecule has 1 nitrogen and oxygen atoms in total. The second kappa shape index (κ2) is 5.48. The summed E-state index contributed by atoms with van der Waals surface area (Å²) in [5, 5.41) is 12.6. The second-order valence-corrected chi connectivity index (χ2v) is 6.89. The smallest absolute Gasteiger partial charge is 0.113 e. The largest absolute Gasteiger partial charge is 0.383 e. The number of hydrogen-bond acceptors (Lipinski definition) is 2. The van der Waals surface area contributed by atoms with Crippen LogP contribution in [0.5, 0.6) is 0 Å². The van der Waals surface area contributed by atoms with Crippen LogP contribution < -0.4 is 0 Å². The van der Waals surface area contributed by atoms with Gasteiger partial charge in [-0.05, 0) is 40.0 Å². The van der Waals surface area contributed by atoms with E-state index < -0.39 is 6.10 Å². The number of benzene rings is 1. The molecule has 2 heteroatoms. The Morgan fingerprint density at radius 1 is 1.11 bits per heavy atom. The molecule has 1 N–H and O–H groups in total. The third-order valence-corrected chi connectivity index (χ3v) is 4.51. The van der Waals surface area contributed by atoms with E-state index in [1.54, 1.807) is 11.3 Å². The van der Waals surface area contributed by atoms with Crippen LogP contribution >= 0.6 is 11.3 Å². The standard InChI is InChI=1S/C17H22OS/c1-5-12-10-11-19-16(12)15(18)13-6-8-14(9-7-13)17(2,3)4/h6-11,15,18H,5H2,1-4H3. The van der Waals surface area contributed by atoms with Crippen LogP contribution in [0.25, 0.3) is 0 Å². The summed E-state index contributed by atoms with van der Waals surface area (Å²) in [4.78, 5) is 1.08. The highest BCUT2D eigenvalue weighted by Gasteiger charge is 2.17. The molecule has 0 aliphatic heterocycles. The Hall–Kier alpha value is -1.12. The Morgan fingerprint density at radius 2 is 1.74 bits per heavy atom. The molecule has 0 spiro atoms. The molecule has 2 rings (SSSR count). The lowest BCUT2D eigenvalue weighted by Gasteiger charge is -2.20. The number of thiophene rings is 1. The average molecular weight is 274 g/mol. The molecular weight excluding hydrogens is 252 g/mol. The number of aliphatic hydroxyl groups excluding tert-OH is 1. The number of rotatable bonds is 3. The van der Waals surface area contributed by atoms with Gasteiger partial charge in [-0.2, -0.15) is 0 Å². The Labute approximate surface area is 119 Å². The third-order valence-electron chi connectivity index (χ3n) is 3.50. The van der Waals surface area contributed by atoms with E-state index in [0.717, 1.165) is 16.9 Å². The molecule has 1 aromatic carbocycles. The summed E-state index contributed by atoms with van der Waals surface area (Å²) < 4.78 is 0. The van der Waals surface area contributed by atoms with Gasteiger partial charge in [0.1, 0.15) is 6.10 Å². The van der Waals surface area contributed by atoms with Crippen LogP contribution in [0.4, 0.5) is 0 Å². The summed E-state index contributed by atoms with van der Waals surface area (Å²) in [6, 6.07) is 10.4. The van der Waals surface area contributed by atoms with Crippen molar-refractivity contribution in [1.82, 2.24) is 0 Å². The molecule has 1 heterocycles. The van der Waals surface area contributed by atoms with Crippen LogP contribution in [-0.4, -0.2) is 5.11 Å². The van der Waals surface area contributed by atoms with Crippen LogP contribution in [0, 0.1) is 0 Å². The molecular formula is C17H22OS. The fourth-order valence-corrected chi connectivity index (χ4v) is 3.20. The minimum Gasteiger partial charge on any atom is -0.383 e. The molecule has 0 fully saturated rings. The first kappa shape index (κ1) is 14.3. The average Bonchev–Trinajstić information content (AvgIpc) is 2.85. The van der Waals surface area contributed by atoms with Gasteiger partial charge in [0, 0.05) is 4.88 Å². The predicted octanol–water partition coefficient (Wildman–Crippen LogP) is 4.69.